The van der Waals surface area contributed by atoms with E-state index in [9.17, 15) is 19.3 Å². The second-order valence-electron chi connectivity index (χ2n) is 3.76. The van der Waals surface area contributed by atoms with Gasteiger partial charge in [0.15, 0.2) is 0 Å². The van der Waals surface area contributed by atoms with E-state index < -0.39 is 28.4 Å². The minimum atomic E-state index is -0.727. The number of nitro benzene ring substituents is 1. The van der Waals surface area contributed by atoms with Crippen LogP contribution in [0, 0.1) is 15.9 Å². The second-order valence-corrected chi connectivity index (χ2v) is 4.61. The van der Waals surface area contributed by atoms with Crippen LogP contribution in [-0.4, -0.2) is 16.9 Å². The fourth-order valence-corrected chi connectivity index (χ4v) is 1.76. The van der Waals surface area contributed by atoms with Crippen LogP contribution < -0.4 is 11.1 Å². The van der Waals surface area contributed by atoms with Crippen LogP contribution in [0.5, 0.6) is 0 Å². The third-order valence-corrected chi connectivity index (χ3v) is 2.75. The number of carbonyl (C=O) groups excluding carboxylic acids is 1. The zero-order valence-corrected chi connectivity index (χ0v) is 11.0. The number of rotatable bonds is 5. The Morgan fingerprint density at radius 2 is 2.28 bits per heavy atom. The summed E-state index contributed by atoms with van der Waals surface area (Å²) in [6, 6.07) is 1.67. The van der Waals surface area contributed by atoms with Crippen LogP contribution in [0.1, 0.15) is 13.3 Å². The minimum absolute atomic E-state index is 0.0200. The van der Waals surface area contributed by atoms with Crippen LogP contribution in [0.15, 0.2) is 16.6 Å². The van der Waals surface area contributed by atoms with Gasteiger partial charge < -0.3 is 11.1 Å². The van der Waals surface area contributed by atoms with E-state index in [1.165, 1.54) is 6.07 Å². The molecule has 3 N–H and O–H groups in total. The van der Waals surface area contributed by atoms with Crippen molar-refractivity contribution in [3.63, 3.8) is 0 Å². The monoisotopic (exact) mass is 319 g/mol. The lowest BCUT2D eigenvalue weighted by molar-refractivity contribution is -0.384. The van der Waals surface area contributed by atoms with E-state index >= 15 is 0 Å². The first-order valence-electron chi connectivity index (χ1n) is 4.99. The van der Waals surface area contributed by atoms with Crippen molar-refractivity contribution < 1.29 is 14.1 Å². The molecule has 1 atom stereocenters. The van der Waals surface area contributed by atoms with E-state index in [-0.39, 0.29) is 16.6 Å². The lowest BCUT2D eigenvalue weighted by atomic mass is 10.2. The number of primary amides is 1. The largest absolute Gasteiger partial charge is 0.376 e. The number of amides is 1. The summed E-state index contributed by atoms with van der Waals surface area (Å²) < 4.78 is 13.3. The third kappa shape index (κ3) is 3.66. The first-order valence-corrected chi connectivity index (χ1v) is 5.79. The highest BCUT2D eigenvalue weighted by molar-refractivity contribution is 9.10. The van der Waals surface area contributed by atoms with Crippen LogP contribution >= 0.6 is 15.9 Å². The van der Waals surface area contributed by atoms with Crippen LogP contribution in [0.25, 0.3) is 0 Å². The molecule has 1 amide bonds. The van der Waals surface area contributed by atoms with Gasteiger partial charge >= 0.3 is 0 Å². The van der Waals surface area contributed by atoms with Gasteiger partial charge in [0.05, 0.1) is 15.5 Å². The number of anilines is 1. The van der Waals surface area contributed by atoms with Gasteiger partial charge in [-0.05, 0) is 28.9 Å². The average molecular weight is 320 g/mol. The Morgan fingerprint density at radius 1 is 1.67 bits per heavy atom. The van der Waals surface area contributed by atoms with Gasteiger partial charge in [0.1, 0.15) is 11.5 Å². The van der Waals surface area contributed by atoms with Crippen LogP contribution in [0.3, 0.4) is 0 Å². The maximum absolute atomic E-state index is 13.2. The molecule has 0 fully saturated rings. The van der Waals surface area contributed by atoms with Crippen LogP contribution in [0.2, 0.25) is 0 Å². The highest BCUT2D eigenvalue weighted by atomic mass is 79.9. The van der Waals surface area contributed by atoms with E-state index in [4.69, 9.17) is 5.73 Å². The summed E-state index contributed by atoms with van der Waals surface area (Å²) in [5.74, 6) is -1.26. The lowest BCUT2D eigenvalue weighted by Gasteiger charge is -2.14. The third-order valence-electron chi connectivity index (χ3n) is 2.14. The van der Waals surface area contributed by atoms with Gasteiger partial charge in [0, 0.05) is 12.5 Å². The van der Waals surface area contributed by atoms with Crippen molar-refractivity contribution in [3.05, 3.63) is 32.5 Å². The fourth-order valence-electron chi connectivity index (χ4n) is 1.42. The van der Waals surface area contributed by atoms with E-state index in [1.54, 1.807) is 6.92 Å². The highest BCUT2D eigenvalue weighted by Gasteiger charge is 2.19. The number of nitrogens with one attached hydrogen (secondary N) is 1. The SMILES string of the molecule is CC(CC(N)=O)Nc1cc(Br)c(F)cc1[N+](=O)[O-]. The predicted molar refractivity (Wildman–Crippen MR) is 67.7 cm³/mol. The Morgan fingerprint density at radius 3 is 2.78 bits per heavy atom. The molecule has 0 spiro atoms. The molecule has 1 aromatic carbocycles. The Bertz CT molecular complexity index is 496. The summed E-state index contributed by atoms with van der Waals surface area (Å²) in [5, 5.41) is 13.5. The summed E-state index contributed by atoms with van der Waals surface area (Å²) in [5.41, 5.74) is 4.75. The molecule has 8 heteroatoms. The minimum Gasteiger partial charge on any atom is -0.376 e. The van der Waals surface area contributed by atoms with Crippen molar-refractivity contribution in [2.75, 3.05) is 5.32 Å². The first-order chi connectivity index (χ1) is 8.31. The summed E-state index contributed by atoms with van der Waals surface area (Å²) in [6.07, 6.45) is 0.0200. The number of hydrogen-bond donors (Lipinski definition) is 2. The van der Waals surface area contributed by atoms with Crippen molar-refractivity contribution in [3.8, 4) is 0 Å². The van der Waals surface area contributed by atoms with Crippen LogP contribution in [0.4, 0.5) is 15.8 Å². The van der Waals surface area contributed by atoms with Gasteiger partial charge in [-0.1, -0.05) is 0 Å². The molecular weight excluding hydrogens is 309 g/mol. The predicted octanol–water partition coefficient (Wildman–Crippen LogP) is 2.17. The molecule has 0 radical (unpaired) electrons. The Labute approximate surface area is 111 Å². The molecule has 0 aromatic heterocycles. The summed E-state index contributed by atoms with van der Waals surface area (Å²) >= 11 is 2.94. The van der Waals surface area contributed by atoms with Gasteiger partial charge in [-0.25, -0.2) is 4.39 Å². The van der Waals surface area contributed by atoms with Crippen molar-refractivity contribution in [1.29, 1.82) is 0 Å². The van der Waals surface area contributed by atoms with Crippen molar-refractivity contribution in [2.24, 2.45) is 5.73 Å². The normalized spacial score (nSPS) is 11.9. The average Bonchev–Trinajstić information content (AvgIpc) is 2.21. The zero-order chi connectivity index (χ0) is 13.9. The van der Waals surface area contributed by atoms with Gasteiger partial charge in [0.25, 0.3) is 5.69 Å². The smallest absolute Gasteiger partial charge is 0.295 e. The molecule has 0 saturated heterocycles. The fraction of sp³-hybridized carbons (Fsp3) is 0.300. The number of nitro groups is 1. The van der Waals surface area contributed by atoms with E-state index in [2.05, 4.69) is 21.2 Å². The van der Waals surface area contributed by atoms with Gasteiger partial charge in [-0.3, -0.25) is 14.9 Å². The number of nitrogens with zero attached hydrogens (tertiary/aromatic N) is 1. The number of carbonyl (C=O) groups is 1. The Hall–Kier alpha value is -1.70. The molecule has 0 bridgehead atoms. The summed E-state index contributed by atoms with van der Waals surface area (Å²) in [4.78, 5) is 20.8. The van der Waals surface area contributed by atoms with Crippen molar-refractivity contribution in [2.45, 2.75) is 19.4 Å². The molecule has 6 nitrogen and oxygen atoms in total. The quantitative estimate of drug-likeness (QED) is 0.641. The molecular formula is C10H11BrFN3O3. The Balaban J connectivity index is 3.03. The first kappa shape index (κ1) is 14.4. The van der Waals surface area contributed by atoms with Gasteiger partial charge in [0.2, 0.25) is 5.91 Å². The summed E-state index contributed by atoms with van der Waals surface area (Å²) in [6.45, 7) is 1.64. The van der Waals surface area contributed by atoms with Crippen molar-refractivity contribution in [1.82, 2.24) is 0 Å². The molecule has 0 aliphatic rings. The lowest BCUT2D eigenvalue weighted by Crippen LogP contribution is -2.24. The number of halogens is 2. The van der Waals surface area contributed by atoms with Gasteiger partial charge in [-0.2, -0.15) is 0 Å². The Kier molecular flexibility index (Phi) is 4.60. The maximum Gasteiger partial charge on any atom is 0.295 e. The molecule has 1 aromatic rings. The number of nitrogens with two attached hydrogens (primary N) is 1. The molecule has 98 valence electrons. The molecule has 1 rings (SSSR count). The molecule has 0 heterocycles. The number of hydrogen-bond acceptors (Lipinski definition) is 4. The van der Waals surface area contributed by atoms with E-state index in [0.29, 0.717) is 0 Å². The van der Waals surface area contributed by atoms with Gasteiger partial charge in [-0.15, -0.1) is 0 Å². The topological polar surface area (TPSA) is 98.3 Å². The molecule has 18 heavy (non-hydrogen) atoms. The highest BCUT2D eigenvalue weighted by Crippen LogP contribution is 2.31. The van der Waals surface area contributed by atoms with E-state index in [1.807, 2.05) is 0 Å². The van der Waals surface area contributed by atoms with E-state index in [0.717, 1.165) is 6.07 Å². The second kappa shape index (κ2) is 5.76. The molecule has 0 saturated carbocycles. The molecule has 0 aliphatic carbocycles. The molecule has 1 unspecified atom stereocenters. The van der Waals surface area contributed by atoms with Crippen LogP contribution in [-0.2, 0) is 4.79 Å². The maximum atomic E-state index is 13.2. The molecule has 0 aliphatic heterocycles. The number of benzene rings is 1. The summed E-state index contributed by atoms with van der Waals surface area (Å²) in [7, 11) is 0. The standard InChI is InChI=1S/C10H11BrFN3O3/c1-5(2-10(13)16)14-8-3-6(11)7(12)4-9(8)15(17)18/h3-5,14H,2H2,1H3,(H2,13,16). The van der Waals surface area contributed by atoms with Crippen molar-refractivity contribution >= 4 is 33.2 Å². The zero-order valence-electron chi connectivity index (χ0n) is 9.44.